The molecule has 2 aromatic carbocycles. The zero-order chi connectivity index (χ0) is 20.1. The minimum Gasteiger partial charge on any atom is -0.403 e. The van der Waals surface area contributed by atoms with Crippen LogP contribution >= 0.6 is 0 Å². The standard InChI is InChI=1S/C22H23F5O/c1-12-2-3-14-7-15(5-4-13(14)6-12)16-8-17-10-20(24)21(28-22(25,26)27)11-18(17)19(23)9-16/h8-15H,2-7H2,1H3. The second-order valence-electron chi connectivity index (χ2n) is 8.50. The van der Waals surface area contributed by atoms with E-state index in [0.717, 1.165) is 48.8 Å². The van der Waals surface area contributed by atoms with Crippen molar-refractivity contribution in [2.75, 3.05) is 0 Å². The Morgan fingerprint density at radius 2 is 1.57 bits per heavy atom. The number of fused-ring (bicyclic) bond motifs is 2. The van der Waals surface area contributed by atoms with Gasteiger partial charge in [-0.2, -0.15) is 0 Å². The minimum absolute atomic E-state index is 0.0652. The first-order valence-electron chi connectivity index (χ1n) is 9.88. The van der Waals surface area contributed by atoms with Crippen LogP contribution in [0.4, 0.5) is 22.0 Å². The number of rotatable bonds is 2. The van der Waals surface area contributed by atoms with E-state index in [1.165, 1.54) is 25.3 Å². The van der Waals surface area contributed by atoms with Crippen LogP contribution in [0.15, 0.2) is 24.3 Å². The van der Waals surface area contributed by atoms with Gasteiger partial charge in [-0.25, -0.2) is 8.78 Å². The van der Waals surface area contributed by atoms with Gasteiger partial charge >= 0.3 is 6.36 Å². The van der Waals surface area contributed by atoms with E-state index in [2.05, 4.69) is 11.7 Å². The minimum atomic E-state index is -5.03. The molecule has 6 heteroatoms. The summed E-state index contributed by atoms with van der Waals surface area (Å²) in [6.07, 6.45) is 1.75. The van der Waals surface area contributed by atoms with Crippen LogP contribution in [-0.2, 0) is 0 Å². The van der Waals surface area contributed by atoms with Crippen molar-refractivity contribution in [2.45, 2.75) is 57.7 Å². The van der Waals surface area contributed by atoms with Crippen molar-refractivity contribution in [2.24, 2.45) is 17.8 Å². The van der Waals surface area contributed by atoms with Crippen LogP contribution in [0.1, 0.15) is 56.9 Å². The van der Waals surface area contributed by atoms with Gasteiger partial charge in [-0.15, -0.1) is 13.2 Å². The Balaban J connectivity index is 1.62. The van der Waals surface area contributed by atoms with Gasteiger partial charge in [0.1, 0.15) is 5.82 Å². The highest BCUT2D eigenvalue weighted by Crippen LogP contribution is 2.48. The Hall–Kier alpha value is -1.85. The summed E-state index contributed by atoms with van der Waals surface area (Å²) < 4.78 is 69.6. The van der Waals surface area contributed by atoms with Crippen LogP contribution < -0.4 is 4.74 Å². The van der Waals surface area contributed by atoms with Crippen LogP contribution in [0, 0.1) is 29.4 Å². The van der Waals surface area contributed by atoms with Gasteiger partial charge in [0.15, 0.2) is 11.6 Å². The SMILES string of the molecule is CC1CCC2CC(c3cc(F)c4cc(OC(F)(F)F)c(F)cc4c3)CCC2C1. The topological polar surface area (TPSA) is 9.23 Å². The molecule has 28 heavy (non-hydrogen) atoms. The van der Waals surface area contributed by atoms with Gasteiger partial charge in [-0.1, -0.05) is 19.4 Å². The molecular formula is C22H23F5O. The molecule has 2 aromatic rings. The third-order valence-corrected chi connectivity index (χ3v) is 6.55. The molecule has 0 aliphatic heterocycles. The van der Waals surface area contributed by atoms with Crippen molar-refractivity contribution in [3.05, 3.63) is 41.5 Å². The molecule has 0 radical (unpaired) electrons. The molecule has 152 valence electrons. The highest BCUT2D eigenvalue weighted by Gasteiger charge is 2.35. The summed E-state index contributed by atoms with van der Waals surface area (Å²) in [5.41, 5.74) is 0.811. The number of halogens is 5. The molecule has 0 saturated heterocycles. The quantitative estimate of drug-likeness (QED) is 0.481. The molecule has 0 amide bonds. The fourth-order valence-corrected chi connectivity index (χ4v) is 5.21. The number of benzene rings is 2. The molecule has 0 spiro atoms. The Labute approximate surface area is 160 Å². The van der Waals surface area contributed by atoms with E-state index in [1.807, 2.05) is 0 Å². The average molecular weight is 398 g/mol. The molecule has 0 aromatic heterocycles. The summed E-state index contributed by atoms with van der Waals surface area (Å²) in [6.45, 7) is 2.30. The Kier molecular flexibility index (Phi) is 5.00. The first-order valence-corrected chi connectivity index (χ1v) is 9.88. The van der Waals surface area contributed by atoms with Crippen LogP contribution in [0.3, 0.4) is 0 Å². The lowest BCUT2D eigenvalue weighted by Crippen LogP contribution is -2.29. The molecule has 2 aliphatic carbocycles. The van der Waals surface area contributed by atoms with E-state index in [0.29, 0.717) is 5.92 Å². The predicted octanol–water partition coefficient (Wildman–Crippen LogP) is 7.34. The molecule has 4 atom stereocenters. The second-order valence-corrected chi connectivity index (χ2v) is 8.50. The molecule has 1 nitrogen and oxygen atoms in total. The molecule has 4 unspecified atom stereocenters. The Morgan fingerprint density at radius 3 is 2.32 bits per heavy atom. The Bertz CT molecular complexity index is 875. The van der Waals surface area contributed by atoms with E-state index < -0.39 is 23.7 Å². The van der Waals surface area contributed by atoms with Crippen molar-refractivity contribution < 1.29 is 26.7 Å². The predicted molar refractivity (Wildman–Crippen MR) is 97.1 cm³/mol. The monoisotopic (exact) mass is 398 g/mol. The summed E-state index contributed by atoms with van der Waals surface area (Å²) in [7, 11) is 0. The lowest BCUT2D eigenvalue weighted by atomic mass is 9.64. The summed E-state index contributed by atoms with van der Waals surface area (Å²) in [4.78, 5) is 0. The van der Waals surface area contributed by atoms with Crippen LogP contribution in [-0.4, -0.2) is 6.36 Å². The van der Waals surface area contributed by atoms with Gasteiger partial charge in [-0.3, -0.25) is 0 Å². The number of hydrogen-bond acceptors (Lipinski definition) is 1. The molecule has 2 fully saturated rings. The second kappa shape index (κ2) is 7.20. The van der Waals surface area contributed by atoms with E-state index >= 15 is 0 Å². The summed E-state index contributed by atoms with van der Waals surface area (Å²) in [5.74, 6) is -0.429. The van der Waals surface area contributed by atoms with E-state index in [9.17, 15) is 22.0 Å². The highest BCUT2D eigenvalue weighted by atomic mass is 19.4. The van der Waals surface area contributed by atoms with Gasteiger partial charge in [0.05, 0.1) is 0 Å². The normalized spacial score (nSPS) is 28.2. The Morgan fingerprint density at radius 1 is 0.857 bits per heavy atom. The largest absolute Gasteiger partial charge is 0.573 e. The zero-order valence-electron chi connectivity index (χ0n) is 15.7. The molecular weight excluding hydrogens is 375 g/mol. The summed E-state index contributed by atoms with van der Waals surface area (Å²) in [6, 6.07) is 4.83. The summed E-state index contributed by atoms with van der Waals surface area (Å²) in [5, 5.41) is 0.200. The van der Waals surface area contributed by atoms with Gasteiger partial charge in [0, 0.05) is 5.39 Å². The van der Waals surface area contributed by atoms with Crippen molar-refractivity contribution in [1.82, 2.24) is 0 Å². The maximum Gasteiger partial charge on any atom is 0.573 e. The van der Waals surface area contributed by atoms with Gasteiger partial charge in [0.25, 0.3) is 0 Å². The number of ether oxygens (including phenoxy) is 1. The third kappa shape index (κ3) is 3.96. The van der Waals surface area contributed by atoms with Crippen molar-refractivity contribution >= 4 is 10.8 Å². The van der Waals surface area contributed by atoms with Crippen molar-refractivity contribution in [3.63, 3.8) is 0 Å². The maximum absolute atomic E-state index is 14.7. The van der Waals surface area contributed by atoms with Crippen LogP contribution in [0.5, 0.6) is 5.75 Å². The molecule has 0 bridgehead atoms. The molecule has 2 aliphatic rings. The lowest BCUT2D eigenvalue weighted by molar-refractivity contribution is -0.275. The maximum atomic E-state index is 14.7. The smallest absolute Gasteiger partial charge is 0.403 e. The number of hydrogen-bond donors (Lipinski definition) is 0. The fourth-order valence-electron chi connectivity index (χ4n) is 5.21. The van der Waals surface area contributed by atoms with Crippen molar-refractivity contribution in [3.8, 4) is 5.75 Å². The van der Waals surface area contributed by atoms with Crippen LogP contribution in [0.25, 0.3) is 10.8 Å². The third-order valence-electron chi connectivity index (χ3n) is 6.55. The fraction of sp³-hybridized carbons (Fsp3) is 0.545. The van der Waals surface area contributed by atoms with Gasteiger partial charge in [-0.05, 0) is 84.9 Å². The number of alkyl halides is 3. The average Bonchev–Trinajstić information content (AvgIpc) is 2.61. The van der Waals surface area contributed by atoms with Crippen molar-refractivity contribution in [1.29, 1.82) is 0 Å². The molecule has 4 rings (SSSR count). The van der Waals surface area contributed by atoms with E-state index in [1.54, 1.807) is 6.07 Å². The lowest BCUT2D eigenvalue weighted by Gasteiger charge is -2.41. The molecule has 0 N–H and O–H groups in total. The molecule has 2 saturated carbocycles. The molecule has 0 heterocycles. The summed E-state index contributed by atoms with van der Waals surface area (Å²) >= 11 is 0. The van der Waals surface area contributed by atoms with E-state index in [4.69, 9.17) is 0 Å². The van der Waals surface area contributed by atoms with Crippen LogP contribution in [0.2, 0.25) is 0 Å². The van der Waals surface area contributed by atoms with E-state index in [-0.39, 0.29) is 16.7 Å². The van der Waals surface area contributed by atoms with Gasteiger partial charge < -0.3 is 4.74 Å². The zero-order valence-corrected chi connectivity index (χ0v) is 15.7. The highest BCUT2D eigenvalue weighted by molar-refractivity contribution is 5.85. The van der Waals surface area contributed by atoms with Gasteiger partial charge in [0.2, 0.25) is 0 Å². The first kappa shape index (κ1) is 19.5. The first-order chi connectivity index (χ1) is 13.2.